The zero-order valence-electron chi connectivity index (χ0n) is 18.7. The molecule has 4 rings (SSSR count). The van der Waals surface area contributed by atoms with Gasteiger partial charge in [-0.1, -0.05) is 6.07 Å². The monoisotopic (exact) mass is 424 g/mol. The van der Waals surface area contributed by atoms with E-state index in [0.29, 0.717) is 18.1 Å². The van der Waals surface area contributed by atoms with Crippen molar-refractivity contribution >= 4 is 5.91 Å². The second-order valence-corrected chi connectivity index (χ2v) is 8.65. The second-order valence-electron chi connectivity index (χ2n) is 8.65. The molecule has 1 N–H and O–H groups in total. The molecule has 2 aromatic rings. The number of benzene rings is 2. The molecule has 1 aliphatic heterocycles. The molecule has 2 aliphatic rings. The number of phenols is 1. The summed E-state index contributed by atoms with van der Waals surface area (Å²) >= 11 is 0. The third-order valence-corrected chi connectivity index (χ3v) is 6.64. The van der Waals surface area contributed by atoms with Crippen molar-refractivity contribution in [3.63, 3.8) is 0 Å². The van der Waals surface area contributed by atoms with Crippen LogP contribution in [0.2, 0.25) is 0 Å². The molecule has 2 aromatic carbocycles. The molecule has 31 heavy (non-hydrogen) atoms. The summed E-state index contributed by atoms with van der Waals surface area (Å²) in [4.78, 5) is 17.1. The molecule has 6 heteroatoms. The molecule has 6 nitrogen and oxygen atoms in total. The van der Waals surface area contributed by atoms with Crippen LogP contribution in [0.4, 0.5) is 0 Å². The Morgan fingerprint density at radius 3 is 2.32 bits per heavy atom. The van der Waals surface area contributed by atoms with Crippen molar-refractivity contribution in [1.82, 2.24) is 9.80 Å². The molecular weight excluding hydrogens is 392 g/mol. The number of amides is 1. The number of rotatable bonds is 7. The van der Waals surface area contributed by atoms with Crippen LogP contribution in [0.15, 0.2) is 30.3 Å². The first-order valence-electron chi connectivity index (χ1n) is 11.0. The van der Waals surface area contributed by atoms with Crippen molar-refractivity contribution in [2.75, 3.05) is 47.4 Å². The van der Waals surface area contributed by atoms with Gasteiger partial charge in [0, 0.05) is 38.5 Å². The molecule has 0 bridgehead atoms. The molecule has 1 aliphatic carbocycles. The normalized spacial score (nSPS) is 17.4. The lowest BCUT2D eigenvalue weighted by atomic mass is 9.77. The predicted octanol–water partition coefficient (Wildman–Crippen LogP) is 3.00. The number of ether oxygens (including phenoxy) is 2. The number of phenolic OH excluding ortho intramolecular Hbond substituents is 1. The third kappa shape index (κ3) is 4.64. The molecule has 0 saturated heterocycles. The molecule has 0 aromatic heterocycles. The fourth-order valence-electron chi connectivity index (χ4n) is 4.77. The van der Waals surface area contributed by atoms with Crippen molar-refractivity contribution < 1.29 is 19.4 Å². The van der Waals surface area contributed by atoms with Crippen LogP contribution in [0.1, 0.15) is 34.6 Å². The summed E-state index contributed by atoms with van der Waals surface area (Å²) in [5.74, 6) is 2.48. The molecule has 1 amide bonds. The van der Waals surface area contributed by atoms with Crippen molar-refractivity contribution in [2.45, 2.75) is 31.6 Å². The fourth-order valence-corrected chi connectivity index (χ4v) is 4.77. The number of methoxy groups -OCH3 is 2. The Kier molecular flexibility index (Phi) is 6.37. The van der Waals surface area contributed by atoms with Gasteiger partial charge < -0.3 is 24.4 Å². The quantitative estimate of drug-likeness (QED) is 0.740. The molecule has 0 saturated carbocycles. The maximum absolute atomic E-state index is 12.9. The molecule has 1 unspecified atom stereocenters. The number of hydrogen-bond donors (Lipinski definition) is 1. The summed E-state index contributed by atoms with van der Waals surface area (Å²) in [6.07, 6.45) is 3.24. The average Bonchev–Trinajstić information content (AvgIpc) is 2.98. The summed E-state index contributed by atoms with van der Waals surface area (Å²) in [5.41, 5.74) is 5.04. The van der Waals surface area contributed by atoms with Gasteiger partial charge in [0.15, 0.2) is 11.5 Å². The van der Waals surface area contributed by atoms with E-state index in [-0.39, 0.29) is 5.91 Å². The van der Waals surface area contributed by atoms with E-state index in [0.717, 1.165) is 56.9 Å². The standard InChI is InChI=1S/C25H32N2O4/c1-26(16-20-12-19-4-5-21(28)15-22(19)20)9-8-25(29)27-10-6-17-13-23(30-2)24(31-3)14-18(17)7-11-27/h4-5,13-15,20,28H,6-12,16H2,1-3H3. The van der Waals surface area contributed by atoms with Crippen molar-refractivity contribution in [2.24, 2.45) is 0 Å². The number of carbonyl (C=O) groups excluding carboxylic acids is 1. The van der Waals surface area contributed by atoms with Gasteiger partial charge in [0.2, 0.25) is 5.91 Å². The van der Waals surface area contributed by atoms with Crippen molar-refractivity contribution in [3.05, 3.63) is 52.6 Å². The predicted molar refractivity (Wildman–Crippen MR) is 120 cm³/mol. The lowest BCUT2D eigenvalue weighted by Gasteiger charge is -2.33. The zero-order valence-corrected chi connectivity index (χ0v) is 18.7. The number of hydrogen-bond acceptors (Lipinski definition) is 5. The smallest absolute Gasteiger partial charge is 0.223 e. The van der Waals surface area contributed by atoms with Crippen LogP contribution in [0.25, 0.3) is 0 Å². The highest BCUT2D eigenvalue weighted by molar-refractivity contribution is 5.76. The Labute approximate surface area is 184 Å². The van der Waals surface area contributed by atoms with Gasteiger partial charge >= 0.3 is 0 Å². The summed E-state index contributed by atoms with van der Waals surface area (Å²) in [7, 11) is 5.38. The zero-order chi connectivity index (χ0) is 22.0. The van der Waals surface area contributed by atoms with Crippen LogP contribution in [-0.4, -0.2) is 68.3 Å². The van der Waals surface area contributed by atoms with Crippen LogP contribution in [-0.2, 0) is 24.1 Å². The van der Waals surface area contributed by atoms with E-state index in [2.05, 4.69) is 11.9 Å². The molecular formula is C25H32N2O4. The Hall–Kier alpha value is -2.73. The largest absolute Gasteiger partial charge is 0.508 e. The minimum atomic E-state index is 0.213. The summed E-state index contributed by atoms with van der Waals surface area (Å²) < 4.78 is 10.9. The minimum Gasteiger partial charge on any atom is -0.508 e. The van der Waals surface area contributed by atoms with Crippen LogP contribution in [0.5, 0.6) is 17.2 Å². The minimum absolute atomic E-state index is 0.213. The van der Waals surface area contributed by atoms with E-state index >= 15 is 0 Å². The number of nitrogens with zero attached hydrogens (tertiary/aromatic N) is 2. The first kappa shape index (κ1) is 21.5. The van der Waals surface area contributed by atoms with Crippen LogP contribution in [0, 0.1) is 0 Å². The SMILES string of the molecule is COc1cc2c(cc1OC)CCN(C(=O)CCN(C)CC1Cc3ccc(O)cc31)CC2. The highest BCUT2D eigenvalue weighted by Crippen LogP contribution is 2.37. The Morgan fingerprint density at radius 2 is 1.71 bits per heavy atom. The molecule has 1 atom stereocenters. The van der Waals surface area contributed by atoms with Gasteiger partial charge in [-0.25, -0.2) is 0 Å². The summed E-state index contributed by atoms with van der Waals surface area (Å²) in [6, 6.07) is 9.73. The maximum Gasteiger partial charge on any atom is 0.223 e. The van der Waals surface area contributed by atoms with E-state index in [1.165, 1.54) is 22.3 Å². The van der Waals surface area contributed by atoms with Gasteiger partial charge in [0.05, 0.1) is 14.2 Å². The van der Waals surface area contributed by atoms with Gasteiger partial charge in [-0.3, -0.25) is 4.79 Å². The van der Waals surface area contributed by atoms with Crippen LogP contribution in [0.3, 0.4) is 0 Å². The topological polar surface area (TPSA) is 62.2 Å². The van der Waals surface area contributed by atoms with E-state index in [1.54, 1.807) is 20.3 Å². The lowest BCUT2D eigenvalue weighted by Crippen LogP contribution is -2.37. The van der Waals surface area contributed by atoms with E-state index in [1.807, 2.05) is 29.2 Å². The Morgan fingerprint density at radius 1 is 1.06 bits per heavy atom. The average molecular weight is 425 g/mol. The highest BCUT2D eigenvalue weighted by Gasteiger charge is 2.27. The number of aromatic hydroxyl groups is 1. The van der Waals surface area contributed by atoms with Gasteiger partial charge in [-0.2, -0.15) is 0 Å². The molecule has 166 valence electrons. The summed E-state index contributed by atoms with van der Waals surface area (Å²) in [5, 5.41) is 9.71. The number of fused-ring (bicyclic) bond motifs is 2. The first-order valence-corrected chi connectivity index (χ1v) is 11.0. The fraction of sp³-hybridized carbons (Fsp3) is 0.480. The number of likely N-dealkylation sites (N-methyl/N-ethyl adjacent to an activating group) is 1. The lowest BCUT2D eigenvalue weighted by molar-refractivity contribution is -0.131. The molecule has 0 spiro atoms. The molecule has 1 heterocycles. The molecule has 0 radical (unpaired) electrons. The first-order chi connectivity index (χ1) is 15.0. The Balaban J connectivity index is 1.28. The summed E-state index contributed by atoms with van der Waals surface area (Å²) in [6.45, 7) is 3.13. The molecule has 0 fully saturated rings. The Bertz CT molecular complexity index is 924. The van der Waals surface area contributed by atoms with Gasteiger partial charge in [0.1, 0.15) is 5.75 Å². The third-order valence-electron chi connectivity index (χ3n) is 6.64. The van der Waals surface area contributed by atoms with Gasteiger partial charge in [-0.15, -0.1) is 0 Å². The van der Waals surface area contributed by atoms with E-state index in [4.69, 9.17) is 9.47 Å². The number of carbonyl (C=O) groups is 1. The van der Waals surface area contributed by atoms with Gasteiger partial charge in [-0.05, 0) is 72.8 Å². The van der Waals surface area contributed by atoms with Crippen LogP contribution < -0.4 is 9.47 Å². The van der Waals surface area contributed by atoms with E-state index in [9.17, 15) is 9.90 Å². The van der Waals surface area contributed by atoms with Crippen LogP contribution >= 0.6 is 0 Å². The second kappa shape index (κ2) is 9.18. The highest BCUT2D eigenvalue weighted by atomic mass is 16.5. The van der Waals surface area contributed by atoms with E-state index < -0.39 is 0 Å². The van der Waals surface area contributed by atoms with Crippen molar-refractivity contribution in [1.29, 1.82) is 0 Å². The van der Waals surface area contributed by atoms with Gasteiger partial charge in [0.25, 0.3) is 0 Å². The maximum atomic E-state index is 12.9. The van der Waals surface area contributed by atoms with Crippen molar-refractivity contribution in [3.8, 4) is 17.2 Å².